The van der Waals surface area contributed by atoms with Gasteiger partial charge < -0.3 is 4.74 Å². The van der Waals surface area contributed by atoms with Crippen LogP contribution in [0.15, 0.2) is 36.7 Å². The lowest BCUT2D eigenvalue weighted by Crippen LogP contribution is -2.40. The number of aromatic nitrogens is 2. The first kappa shape index (κ1) is 16.5. The van der Waals surface area contributed by atoms with Crippen LogP contribution in [0.2, 0.25) is 0 Å². The highest BCUT2D eigenvalue weighted by Gasteiger charge is 2.29. The third kappa shape index (κ3) is 3.69. The van der Waals surface area contributed by atoms with Crippen molar-refractivity contribution in [1.82, 2.24) is 14.9 Å². The van der Waals surface area contributed by atoms with Crippen LogP contribution in [0, 0.1) is 0 Å². The number of likely N-dealkylation sites (tertiary alicyclic amines) is 1. The molecule has 1 aliphatic heterocycles. The molecule has 25 heavy (non-hydrogen) atoms. The highest BCUT2D eigenvalue weighted by molar-refractivity contribution is 5.60. The van der Waals surface area contributed by atoms with E-state index in [4.69, 9.17) is 9.72 Å². The van der Waals surface area contributed by atoms with Crippen LogP contribution in [0.3, 0.4) is 0 Å². The van der Waals surface area contributed by atoms with Gasteiger partial charge in [-0.1, -0.05) is 25.0 Å². The van der Waals surface area contributed by atoms with Crippen molar-refractivity contribution in [2.24, 2.45) is 0 Å². The summed E-state index contributed by atoms with van der Waals surface area (Å²) in [6, 6.07) is 8.87. The van der Waals surface area contributed by atoms with Crippen molar-refractivity contribution in [1.29, 1.82) is 0 Å². The lowest BCUT2D eigenvalue weighted by molar-refractivity contribution is 0.149. The molecule has 1 aliphatic carbocycles. The van der Waals surface area contributed by atoms with E-state index in [0.717, 1.165) is 35.3 Å². The van der Waals surface area contributed by atoms with E-state index in [-0.39, 0.29) is 0 Å². The van der Waals surface area contributed by atoms with Gasteiger partial charge in [-0.25, -0.2) is 4.98 Å². The molecule has 2 fully saturated rings. The Bertz CT molecular complexity index is 712. The van der Waals surface area contributed by atoms with Gasteiger partial charge in [0.1, 0.15) is 5.75 Å². The molecular weight excluding hydrogens is 310 g/mol. The summed E-state index contributed by atoms with van der Waals surface area (Å²) in [7, 11) is 1.70. The zero-order valence-corrected chi connectivity index (χ0v) is 15.0. The Morgan fingerprint density at radius 2 is 1.96 bits per heavy atom. The number of methoxy groups -OCH3 is 1. The minimum absolute atomic E-state index is 0.507. The number of nitrogens with zero attached hydrogens (tertiary/aromatic N) is 3. The molecule has 132 valence electrons. The molecule has 0 amide bonds. The first-order valence-corrected chi connectivity index (χ1v) is 9.54. The summed E-state index contributed by atoms with van der Waals surface area (Å²) in [5.41, 5.74) is 3.15. The Labute approximate surface area is 150 Å². The molecule has 4 heteroatoms. The van der Waals surface area contributed by atoms with Gasteiger partial charge in [-0.3, -0.25) is 9.88 Å². The van der Waals surface area contributed by atoms with E-state index in [9.17, 15) is 0 Å². The Hall–Kier alpha value is -1.94. The van der Waals surface area contributed by atoms with Crippen LogP contribution in [0.1, 0.15) is 50.1 Å². The van der Waals surface area contributed by atoms with Crippen LogP contribution in [-0.2, 0) is 0 Å². The molecule has 0 unspecified atom stereocenters. The van der Waals surface area contributed by atoms with Gasteiger partial charge >= 0.3 is 0 Å². The van der Waals surface area contributed by atoms with Gasteiger partial charge in [0, 0.05) is 30.3 Å². The monoisotopic (exact) mass is 337 g/mol. The molecule has 2 heterocycles. The number of hydrogen-bond donors (Lipinski definition) is 0. The number of piperidine rings is 1. The lowest BCUT2D eigenvalue weighted by atomic mass is 9.93. The number of hydrogen-bond acceptors (Lipinski definition) is 4. The van der Waals surface area contributed by atoms with Crippen LogP contribution >= 0.6 is 0 Å². The molecule has 1 aromatic heterocycles. The molecule has 0 radical (unpaired) electrons. The van der Waals surface area contributed by atoms with E-state index < -0.39 is 0 Å². The number of ether oxygens (including phenoxy) is 1. The second kappa shape index (κ2) is 7.52. The lowest BCUT2D eigenvalue weighted by Gasteiger charge is -2.36. The standard InChI is InChI=1S/C21H27N3O/c1-25-19-10-4-6-16(12-19)20-13-22-14-21(23-20)17-7-5-11-24(15-17)18-8-2-3-9-18/h4,6,10,12-14,17-18H,2-3,5,7-9,11,15H2,1H3/t17-/m0/s1. The minimum Gasteiger partial charge on any atom is -0.497 e. The van der Waals surface area contributed by atoms with E-state index in [0.29, 0.717) is 5.92 Å². The molecule has 2 aromatic rings. The first-order chi connectivity index (χ1) is 12.3. The molecule has 2 aliphatic rings. The van der Waals surface area contributed by atoms with Crippen LogP contribution in [0.5, 0.6) is 5.75 Å². The molecule has 0 spiro atoms. The zero-order chi connectivity index (χ0) is 17.1. The van der Waals surface area contributed by atoms with E-state index in [1.807, 2.05) is 30.6 Å². The van der Waals surface area contributed by atoms with Crippen molar-refractivity contribution >= 4 is 0 Å². The third-order valence-electron chi connectivity index (χ3n) is 5.73. The van der Waals surface area contributed by atoms with Gasteiger partial charge in [-0.15, -0.1) is 0 Å². The summed E-state index contributed by atoms with van der Waals surface area (Å²) < 4.78 is 5.34. The topological polar surface area (TPSA) is 38.2 Å². The molecule has 0 bridgehead atoms. The second-order valence-electron chi connectivity index (χ2n) is 7.33. The summed E-state index contributed by atoms with van der Waals surface area (Å²) >= 11 is 0. The maximum atomic E-state index is 5.34. The maximum Gasteiger partial charge on any atom is 0.119 e. The summed E-state index contributed by atoms with van der Waals surface area (Å²) in [5, 5.41) is 0. The van der Waals surface area contributed by atoms with Crippen LogP contribution in [-0.4, -0.2) is 41.1 Å². The SMILES string of the molecule is COc1cccc(-c2cncc([C@H]3CCCN(C4CCCC4)C3)n2)c1. The maximum absolute atomic E-state index is 5.34. The first-order valence-electron chi connectivity index (χ1n) is 9.54. The molecule has 4 nitrogen and oxygen atoms in total. The quantitative estimate of drug-likeness (QED) is 0.835. The van der Waals surface area contributed by atoms with Gasteiger partial charge in [0.05, 0.1) is 24.7 Å². The Balaban J connectivity index is 1.54. The van der Waals surface area contributed by atoms with Crippen LogP contribution < -0.4 is 4.74 Å². The molecule has 1 saturated heterocycles. The molecular formula is C21H27N3O. The predicted octanol–water partition coefficient (Wildman–Crippen LogP) is 4.27. The van der Waals surface area contributed by atoms with Crippen molar-refractivity contribution in [2.45, 2.75) is 50.5 Å². The fraction of sp³-hybridized carbons (Fsp3) is 0.524. The van der Waals surface area contributed by atoms with Crippen molar-refractivity contribution in [3.05, 3.63) is 42.4 Å². The fourth-order valence-corrected chi connectivity index (χ4v) is 4.35. The molecule has 1 saturated carbocycles. The third-order valence-corrected chi connectivity index (χ3v) is 5.73. The van der Waals surface area contributed by atoms with Gasteiger partial charge in [0.15, 0.2) is 0 Å². The normalized spacial score (nSPS) is 22.2. The molecule has 4 rings (SSSR count). The van der Waals surface area contributed by atoms with E-state index in [1.54, 1.807) is 7.11 Å². The van der Waals surface area contributed by atoms with Gasteiger partial charge in [-0.2, -0.15) is 0 Å². The average Bonchev–Trinajstić information content (AvgIpc) is 3.23. The van der Waals surface area contributed by atoms with E-state index in [1.165, 1.54) is 45.1 Å². The summed E-state index contributed by atoms with van der Waals surface area (Å²) in [4.78, 5) is 12.2. The summed E-state index contributed by atoms with van der Waals surface area (Å²) in [5.74, 6) is 1.36. The summed E-state index contributed by atoms with van der Waals surface area (Å²) in [6.45, 7) is 2.39. The van der Waals surface area contributed by atoms with Crippen LogP contribution in [0.25, 0.3) is 11.3 Å². The summed E-state index contributed by atoms with van der Waals surface area (Å²) in [6.07, 6.45) is 11.9. The smallest absolute Gasteiger partial charge is 0.119 e. The van der Waals surface area contributed by atoms with Crippen molar-refractivity contribution in [2.75, 3.05) is 20.2 Å². The fourth-order valence-electron chi connectivity index (χ4n) is 4.35. The Morgan fingerprint density at radius 3 is 2.80 bits per heavy atom. The van der Waals surface area contributed by atoms with Crippen molar-refractivity contribution < 1.29 is 4.74 Å². The number of rotatable bonds is 4. The second-order valence-corrected chi connectivity index (χ2v) is 7.33. The minimum atomic E-state index is 0.507. The van der Waals surface area contributed by atoms with E-state index in [2.05, 4.69) is 16.0 Å². The van der Waals surface area contributed by atoms with Gasteiger partial charge in [0.2, 0.25) is 0 Å². The highest BCUT2D eigenvalue weighted by atomic mass is 16.5. The van der Waals surface area contributed by atoms with Gasteiger partial charge in [0.25, 0.3) is 0 Å². The zero-order valence-electron chi connectivity index (χ0n) is 15.0. The largest absolute Gasteiger partial charge is 0.497 e. The molecule has 1 aromatic carbocycles. The highest BCUT2D eigenvalue weighted by Crippen LogP contribution is 2.32. The van der Waals surface area contributed by atoms with Crippen LogP contribution in [0.4, 0.5) is 0 Å². The molecule has 1 atom stereocenters. The number of benzene rings is 1. The Kier molecular flexibility index (Phi) is 4.97. The predicted molar refractivity (Wildman–Crippen MR) is 99.8 cm³/mol. The average molecular weight is 337 g/mol. The Morgan fingerprint density at radius 1 is 1.08 bits per heavy atom. The van der Waals surface area contributed by atoms with E-state index >= 15 is 0 Å². The van der Waals surface area contributed by atoms with Gasteiger partial charge in [-0.05, 0) is 44.4 Å². The molecule has 0 N–H and O–H groups in total. The van der Waals surface area contributed by atoms with Crippen molar-refractivity contribution in [3.63, 3.8) is 0 Å². The van der Waals surface area contributed by atoms with Crippen molar-refractivity contribution in [3.8, 4) is 17.0 Å².